The Labute approximate surface area is 285 Å². The smallest absolute Gasteiger partial charge is 0.224 e. The topological polar surface area (TPSA) is 53.0 Å². The molecule has 1 fully saturated rings. The Morgan fingerprint density at radius 1 is 1.00 bits per heavy atom. The first kappa shape index (κ1) is 34.6. The van der Waals surface area contributed by atoms with Crippen LogP contribution in [0.3, 0.4) is 0 Å². The standard InChI is InChI=1S/C35H48BrClN2O4Si2/c1-33(2,3)45(10,11)42-31-26(22-39(4)5)29(23-15-13-12-14-16-23)34(24-17-19-25(36)20-18-24)35(31,43-44(7,8)9)30-27(41-34)21-28(37)38-32(30)40-6/h12-21,26,29,31H,22H2,1-11H3/t26-,29-,31-,34+,35+/m1/s1. The van der Waals surface area contributed by atoms with Crippen LogP contribution in [0, 0.1) is 5.92 Å². The van der Waals surface area contributed by atoms with Crippen LogP contribution in [0.4, 0.5) is 0 Å². The minimum Gasteiger partial charge on any atom is -0.481 e. The van der Waals surface area contributed by atoms with Gasteiger partial charge in [0.25, 0.3) is 0 Å². The summed E-state index contributed by atoms with van der Waals surface area (Å²) in [6, 6.07) is 21.1. The number of hydrogen-bond donors (Lipinski definition) is 0. The van der Waals surface area contributed by atoms with Gasteiger partial charge in [-0.05, 0) is 75.1 Å². The van der Waals surface area contributed by atoms with E-state index in [0.717, 1.165) is 22.1 Å². The number of rotatable bonds is 9. The molecule has 0 N–H and O–H groups in total. The van der Waals surface area contributed by atoms with Gasteiger partial charge in [0.15, 0.2) is 27.8 Å². The van der Waals surface area contributed by atoms with Gasteiger partial charge in [0.05, 0.1) is 18.8 Å². The second-order valence-corrected chi connectivity index (χ2v) is 25.7. The first-order chi connectivity index (χ1) is 20.9. The third-order valence-corrected chi connectivity index (χ3v) is 15.8. The monoisotopic (exact) mass is 730 g/mol. The van der Waals surface area contributed by atoms with Gasteiger partial charge in [-0.2, -0.15) is 0 Å². The second-order valence-electron chi connectivity index (χ2n) is 15.2. The SMILES string of the molecule is COc1nc(Cl)cc2c1[C@]1(O[Si](C)(C)C)[C@H](O[Si](C)(C)C(C)(C)C)[C@H](CN(C)C)[C@@H](c3ccccc3)[C@]1(c1ccc(Br)cc1)O2. The summed E-state index contributed by atoms with van der Waals surface area (Å²) in [5.74, 6) is 0.853. The number of halogens is 2. The summed E-state index contributed by atoms with van der Waals surface area (Å²) < 4.78 is 30.1. The molecule has 5 atom stereocenters. The van der Waals surface area contributed by atoms with Gasteiger partial charge in [-0.25, -0.2) is 4.98 Å². The van der Waals surface area contributed by atoms with Crippen LogP contribution >= 0.6 is 27.5 Å². The lowest BCUT2D eigenvalue weighted by molar-refractivity contribution is -0.135. The van der Waals surface area contributed by atoms with Crippen LogP contribution in [0.5, 0.6) is 11.6 Å². The van der Waals surface area contributed by atoms with E-state index in [0.29, 0.717) is 16.8 Å². The van der Waals surface area contributed by atoms with E-state index in [9.17, 15) is 0 Å². The molecule has 0 amide bonds. The number of nitrogens with zero attached hydrogens (tertiary/aromatic N) is 2. The highest BCUT2D eigenvalue weighted by Crippen LogP contribution is 2.73. The molecule has 0 unspecified atom stereocenters. The van der Waals surface area contributed by atoms with Crippen molar-refractivity contribution < 1.29 is 18.3 Å². The predicted octanol–water partition coefficient (Wildman–Crippen LogP) is 9.21. The van der Waals surface area contributed by atoms with Crippen LogP contribution in [0.15, 0.2) is 65.1 Å². The Morgan fingerprint density at radius 3 is 2.16 bits per heavy atom. The Morgan fingerprint density at radius 2 is 1.62 bits per heavy atom. The van der Waals surface area contributed by atoms with E-state index >= 15 is 0 Å². The Balaban J connectivity index is 2.01. The van der Waals surface area contributed by atoms with Gasteiger partial charge >= 0.3 is 0 Å². The number of ether oxygens (including phenoxy) is 2. The molecule has 2 aromatic carbocycles. The number of aromatic nitrogens is 1. The molecule has 1 aliphatic heterocycles. The summed E-state index contributed by atoms with van der Waals surface area (Å²) in [4.78, 5) is 7.00. The Hall–Kier alpha value is -1.73. The first-order valence-corrected chi connectivity index (χ1v) is 23.1. The molecule has 0 radical (unpaired) electrons. The van der Waals surface area contributed by atoms with Gasteiger partial charge in [0.2, 0.25) is 5.88 Å². The van der Waals surface area contributed by atoms with E-state index in [1.165, 1.54) is 5.56 Å². The quantitative estimate of drug-likeness (QED) is 0.162. The van der Waals surface area contributed by atoms with Crippen LogP contribution in [0.2, 0.25) is 42.9 Å². The van der Waals surface area contributed by atoms with E-state index in [4.69, 9.17) is 34.9 Å². The summed E-state index contributed by atoms with van der Waals surface area (Å²) in [5, 5.41) is 0.258. The summed E-state index contributed by atoms with van der Waals surface area (Å²) >= 11 is 10.4. The average Bonchev–Trinajstić information content (AvgIpc) is 3.30. The molecule has 0 saturated heterocycles. The molecular weight excluding hydrogens is 684 g/mol. The van der Waals surface area contributed by atoms with Gasteiger partial charge in [0, 0.05) is 28.9 Å². The number of methoxy groups -OCH3 is 1. The fourth-order valence-electron chi connectivity index (χ4n) is 7.15. The minimum absolute atomic E-state index is 0.0231. The zero-order valence-corrected chi connectivity index (χ0v) is 32.8. The van der Waals surface area contributed by atoms with Crippen molar-refractivity contribution >= 4 is 44.2 Å². The van der Waals surface area contributed by atoms with Crippen LogP contribution in [-0.2, 0) is 20.1 Å². The highest BCUT2D eigenvalue weighted by atomic mass is 79.9. The third kappa shape index (κ3) is 5.85. The molecule has 0 spiro atoms. The molecule has 0 bridgehead atoms. The van der Waals surface area contributed by atoms with Crippen LogP contribution in [-0.4, -0.2) is 60.4 Å². The molecule has 5 rings (SSSR count). The summed E-state index contributed by atoms with van der Waals surface area (Å²) in [5.41, 5.74) is 0.816. The van der Waals surface area contributed by atoms with E-state index < -0.39 is 33.9 Å². The summed E-state index contributed by atoms with van der Waals surface area (Å²) in [6.45, 7) is 19.0. The molecule has 244 valence electrons. The van der Waals surface area contributed by atoms with Gasteiger partial charge < -0.3 is 23.2 Å². The van der Waals surface area contributed by atoms with Crippen molar-refractivity contribution in [3.8, 4) is 11.6 Å². The van der Waals surface area contributed by atoms with E-state index in [1.54, 1.807) is 7.11 Å². The summed E-state index contributed by atoms with van der Waals surface area (Å²) in [6.07, 6.45) is -0.403. The number of fused-ring (bicyclic) bond motifs is 3. The van der Waals surface area contributed by atoms with E-state index in [-0.39, 0.29) is 16.9 Å². The lowest BCUT2D eigenvalue weighted by atomic mass is 9.71. The summed E-state index contributed by atoms with van der Waals surface area (Å²) in [7, 11) is 1.13. The normalized spacial score (nSPS) is 26.5. The third-order valence-electron chi connectivity index (χ3n) is 9.66. The van der Waals surface area contributed by atoms with Crippen molar-refractivity contribution in [2.45, 2.75) is 81.8 Å². The molecule has 1 aromatic heterocycles. The van der Waals surface area contributed by atoms with Crippen LogP contribution < -0.4 is 9.47 Å². The van der Waals surface area contributed by atoms with E-state index in [1.807, 2.05) is 6.07 Å². The van der Waals surface area contributed by atoms with Crippen molar-refractivity contribution in [2.24, 2.45) is 5.92 Å². The largest absolute Gasteiger partial charge is 0.481 e. The molecule has 10 heteroatoms. The van der Waals surface area contributed by atoms with Gasteiger partial charge in [-0.3, -0.25) is 0 Å². The fourth-order valence-corrected chi connectivity index (χ4v) is 10.3. The maximum atomic E-state index is 7.76. The molecule has 2 aliphatic rings. The lowest BCUT2D eigenvalue weighted by Gasteiger charge is -2.50. The molecule has 1 saturated carbocycles. The van der Waals surface area contributed by atoms with Gasteiger partial charge in [-0.15, -0.1) is 0 Å². The Kier molecular flexibility index (Phi) is 9.27. The number of pyridine rings is 1. The fraction of sp³-hybridized carbons (Fsp3) is 0.514. The van der Waals surface area contributed by atoms with Crippen molar-refractivity contribution in [1.29, 1.82) is 0 Å². The molecule has 3 aromatic rings. The van der Waals surface area contributed by atoms with Crippen LogP contribution in [0.1, 0.15) is 43.4 Å². The van der Waals surface area contributed by atoms with Gasteiger partial charge in [0.1, 0.15) is 10.9 Å². The number of hydrogen-bond acceptors (Lipinski definition) is 6. The maximum absolute atomic E-state index is 7.76. The second kappa shape index (κ2) is 12.1. The molecule has 6 nitrogen and oxygen atoms in total. The lowest BCUT2D eigenvalue weighted by Crippen LogP contribution is -2.60. The minimum atomic E-state index is -2.41. The zero-order valence-electron chi connectivity index (χ0n) is 28.5. The van der Waals surface area contributed by atoms with Crippen LogP contribution in [0.25, 0.3) is 0 Å². The highest BCUT2D eigenvalue weighted by Gasteiger charge is 2.79. The highest BCUT2D eigenvalue weighted by molar-refractivity contribution is 9.10. The Bertz CT molecular complexity index is 1530. The van der Waals surface area contributed by atoms with Crippen molar-refractivity contribution in [3.63, 3.8) is 0 Å². The van der Waals surface area contributed by atoms with Gasteiger partial charge in [-0.1, -0.05) is 90.8 Å². The molecule has 45 heavy (non-hydrogen) atoms. The average molecular weight is 732 g/mol. The predicted molar refractivity (Wildman–Crippen MR) is 192 cm³/mol. The molecule has 2 heterocycles. The van der Waals surface area contributed by atoms with E-state index in [2.05, 4.69) is 143 Å². The molecular formula is C35H48BrClN2O4Si2. The zero-order chi connectivity index (χ0) is 33.2. The van der Waals surface area contributed by atoms with Crippen molar-refractivity contribution in [1.82, 2.24) is 9.88 Å². The van der Waals surface area contributed by atoms with Crippen molar-refractivity contribution in [2.75, 3.05) is 27.7 Å². The van der Waals surface area contributed by atoms with Crippen molar-refractivity contribution in [3.05, 3.63) is 87.0 Å². The maximum Gasteiger partial charge on any atom is 0.224 e. The molecule has 1 aliphatic carbocycles. The number of benzene rings is 2. The first-order valence-electron chi connectivity index (χ1n) is 15.7.